The standard InChI is InChI=1S/C28H36N2O8/c1-7-11-27(3,4)29-26(37)18-23(34)20(30(5)6)19-22(33)15-12(2)13-9-8-10-14(31)16(13)21(32)17(15)24(35)28(19,38)25(18)36/h8-10,12,15,19-20,22,31-33,36,38H,7,11H2,1-6H3,(H,29,37)/t12-,15-,19-,20+,22+,28-/m0/s1. The lowest BCUT2D eigenvalue weighted by Gasteiger charge is -2.53. The minimum atomic E-state index is -2.88. The van der Waals surface area contributed by atoms with Gasteiger partial charge in [-0.15, -0.1) is 0 Å². The van der Waals surface area contributed by atoms with Crippen molar-refractivity contribution in [2.75, 3.05) is 14.1 Å². The molecule has 0 heterocycles. The molecule has 0 radical (unpaired) electrons. The van der Waals surface area contributed by atoms with Crippen LogP contribution in [0.4, 0.5) is 0 Å². The van der Waals surface area contributed by atoms with Crippen LogP contribution >= 0.6 is 0 Å². The van der Waals surface area contributed by atoms with E-state index in [2.05, 4.69) is 5.32 Å². The van der Waals surface area contributed by atoms with Crippen LogP contribution < -0.4 is 5.32 Å². The van der Waals surface area contributed by atoms with Gasteiger partial charge in [0, 0.05) is 17.0 Å². The third-order valence-corrected chi connectivity index (χ3v) is 8.30. The molecule has 1 fully saturated rings. The predicted octanol–water partition coefficient (Wildman–Crippen LogP) is 1.71. The number of fused-ring (bicyclic) bond motifs is 3. The third-order valence-electron chi connectivity index (χ3n) is 8.30. The van der Waals surface area contributed by atoms with Gasteiger partial charge in [0.05, 0.1) is 23.6 Å². The number of rotatable bonds is 5. The highest BCUT2D eigenvalue weighted by atomic mass is 16.4. The van der Waals surface area contributed by atoms with E-state index in [0.29, 0.717) is 12.0 Å². The number of carbonyl (C=O) groups excluding carboxylic acids is 3. The number of benzene rings is 1. The van der Waals surface area contributed by atoms with Crippen LogP contribution in [0.15, 0.2) is 35.1 Å². The van der Waals surface area contributed by atoms with Crippen molar-refractivity contribution in [1.29, 1.82) is 0 Å². The molecule has 38 heavy (non-hydrogen) atoms. The number of Topliss-reactive ketones (excluding diaryl/α,β-unsaturated/α-hetero) is 2. The number of phenolic OH excluding ortho intramolecular Hbond substituents is 1. The summed E-state index contributed by atoms with van der Waals surface area (Å²) in [7, 11) is 3.03. The zero-order valence-corrected chi connectivity index (χ0v) is 22.4. The van der Waals surface area contributed by atoms with Gasteiger partial charge in [0.25, 0.3) is 5.91 Å². The van der Waals surface area contributed by atoms with Crippen LogP contribution in [0.1, 0.15) is 57.6 Å². The average Bonchev–Trinajstić information content (AvgIpc) is 2.80. The van der Waals surface area contributed by atoms with Crippen molar-refractivity contribution < 1.29 is 39.9 Å². The number of phenols is 1. The van der Waals surface area contributed by atoms with Crippen molar-refractivity contribution in [3.63, 3.8) is 0 Å². The van der Waals surface area contributed by atoms with Crippen LogP contribution in [-0.4, -0.2) is 85.3 Å². The summed E-state index contributed by atoms with van der Waals surface area (Å²) >= 11 is 0. The largest absolute Gasteiger partial charge is 0.508 e. The topological polar surface area (TPSA) is 168 Å². The summed E-state index contributed by atoms with van der Waals surface area (Å²) in [6.07, 6.45) is -0.295. The summed E-state index contributed by atoms with van der Waals surface area (Å²) in [6, 6.07) is 3.22. The lowest BCUT2D eigenvalue weighted by Crippen LogP contribution is -2.70. The number of ketones is 2. The number of aliphatic hydroxyl groups excluding tert-OH is 3. The second-order valence-corrected chi connectivity index (χ2v) is 11.5. The van der Waals surface area contributed by atoms with Gasteiger partial charge in [0.15, 0.2) is 11.4 Å². The highest BCUT2D eigenvalue weighted by Gasteiger charge is 2.68. The van der Waals surface area contributed by atoms with Crippen molar-refractivity contribution >= 4 is 23.2 Å². The number of aliphatic hydroxyl groups is 4. The monoisotopic (exact) mass is 528 g/mol. The molecule has 3 aliphatic rings. The van der Waals surface area contributed by atoms with E-state index in [1.54, 1.807) is 32.9 Å². The molecular weight excluding hydrogens is 492 g/mol. The van der Waals surface area contributed by atoms with Gasteiger partial charge in [-0.3, -0.25) is 19.3 Å². The molecule has 4 rings (SSSR count). The van der Waals surface area contributed by atoms with Gasteiger partial charge in [-0.05, 0) is 51.9 Å². The minimum absolute atomic E-state index is 0.00681. The van der Waals surface area contributed by atoms with Crippen molar-refractivity contribution in [2.45, 2.75) is 69.7 Å². The Morgan fingerprint density at radius 1 is 1.16 bits per heavy atom. The maximum Gasteiger partial charge on any atom is 0.258 e. The van der Waals surface area contributed by atoms with Crippen LogP contribution in [0.3, 0.4) is 0 Å². The van der Waals surface area contributed by atoms with Crippen molar-refractivity contribution in [3.8, 4) is 5.75 Å². The number of aromatic hydroxyl groups is 1. The molecule has 1 aromatic carbocycles. The fraction of sp³-hybridized carbons (Fsp3) is 0.536. The molecule has 6 atom stereocenters. The van der Waals surface area contributed by atoms with E-state index < -0.39 is 75.6 Å². The van der Waals surface area contributed by atoms with Crippen molar-refractivity contribution in [2.24, 2.45) is 11.8 Å². The summed E-state index contributed by atoms with van der Waals surface area (Å²) < 4.78 is 0. The summed E-state index contributed by atoms with van der Waals surface area (Å²) in [6.45, 7) is 7.12. The maximum atomic E-state index is 14.1. The molecule has 0 spiro atoms. The summed E-state index contributed by atoms with van der Waals surface area (Å²) in [5.41, 5.74) is -4.30. The maximum absolute atomic E-state index is 14.1. The number of amides is 1. The first-order valence-electron chi connectivity index (χ1n) is 12.8. The Morgan fingerprint density at radius 2 is 1.79 bits per heavy atom. The first-order chi connectivity index (χ1) is 17.6. The van der Waals surface area contributed by atoms with Crippen LogP contribution in [0.2, 0.25) is 0 Å². The first-order valence-corrected chi connectivity index (χ1v) is 12.8. The van der Waals surface area contributed by atoms with Crippen LogP contribution in [0, 0.1) is 11.8 Å². The third kappa shape index (κ3) is 3.77. The Bertz CT molecular complexity index is 1280. The van der Waals surface area contributed by atoms with Gasteiger partial charge in [0.2, 0.25) is 5.78 Å². The number of hydrogen-bond acceptors (Lipinski definition) is 9. The molecule has 1 amide bonds. The minimum Gasteiger partial charge on any atom is -0.508 e. The second-order valence-electron chi connectivity index (χ2n) is 11.5. The van der Waals surface area contributed by atoms with Gasteiger partial charge in [-0.2, -0.15) is 0 Å². The van der Waals surface area contributed by atoms with E-state index in [1.165, 1.54) is 25.1 Å². The lowest BCUT2D eigenvalue weighted by atomic mass is 9.54. The van der Waals surface area contributed by atoms with E-state index in [1.807, 2.05) is 6.92 Å². The summed E-state index contributed by atoms with van der Waals surface area (Å²) in [5, 5.41) is 59.2. The normalized spacial score (nSPS) is 31.2. The van der Waals surface area contributed by atoms with E-state index in [-0.39, 0.29) is 16.9 Å². The van der Waals surface area contributed by atoms with Gasteiger partial charge in [-0.25, -0.2) is 0 Å². The summed E-state index contributed by atoms with van der Waals surface area (Å²) in [5.74, 6) is -8.20. The molecule has 0 aliphatic heterocycles. The molecule has 10 heteroatoms. The van der Waals surface area contributed by atoms with E-state index in [0.717, 1.165) is 6.42 Å². The van der Waals surface area contributed by atoms with Crippen LogP contribution in [-0.2, 0) is 14.4 Å². The van der Waals surface area contributed by atoms with E-state index in [4.69, 9.17) is 0 Å². The van der Waals surface area contributed by atoms with Crippen LogP contribution in [0.5, 0.6) is 5.75 Å². The quantitative estimate of drug-likeness (QED) is 0.312. The first kappa shape index (κ1) is 27.8. The molecule has 3 aliphatic carbocycles. The number of carbonyl (C=O) groups is 3. The second kappa shape index (κ2) is 9.21. The van der Waals surface area contributed by atoms with Crippen molar-refractivity contribution in [3.05, 3.63) is 46.2 Å². The Morgan fingerprint density at radius 3 is 2.37 bits per heavy atom. The highest BCUT2D eigenvalue weighted by Crippen LogP contribution is 2.56. The molecule has 0 unspecified atom stereocenters. The molecular formula is C28H36N2O8. The SMILES string of the molecule is CCCC(C)(C)NC(=O)C1=C(O)[C@@]2(O)C(=O)C3=C(O)c4c(O)cccc4[C@H](C)[C@@H]3[C@@H](O)[C@@H]2[C@@H](N(C)C)C1=O. The number of nitrogens with zero attached hydrogens (tertiary/aromatic N) is 1. The highest BCUT2D eigenvalue weighted by molar-refractivity contribution is 6.25. The Hall–Kier alpha value is -3.21. The summed E-state index contributed by atoms with van der Waals surface area (Å²) in [4.78, 5) is 42.5. The Kier molecular flexibility index (Phi) is 6.75. The lowest BCUT2D eigenvalue weighted by molar-refractivity contribution is -0.169. The molecule has 0 saturated heterocycles. The zero-order valence-electron chi connectivity index (χ0n) is 22.4. The van der Waals surface area contributed by atoms with Gasteiger partial charge >= 0.3 is 0 Å². The number of hydrogen-bond donors (Lipinski definition) is 6. The zero-order chi connectivity index (χ0) is 28.5. The van der Waals surface area contributed by atoms with Gasteiger partial charge < -0.3 is 30.8 Å². The van der Waals surface area contributed by atoms with Gasteiger partial charge in [-0.1, -0.05) is 32.4 Å². The molecule has 6 N–H and O–H groups in total. The molecule has 1 saturated carbocycles. The fourth-order valence-electron chi connectivity index (χ4n) is 6.61. The van der Waals surface area contributed by atoms with Gasteiger partial charge in [0.1, 0.15) is 22.8 Å². The van der Waals surface area contributed by atoms with Crippen LogP contribution in [0.25, 0.3) is 5.76 Å². The Balaban J connectivity index is 1.97. The molecule has 1 aromatic rings. The molecule has 206 valence electrons. The van der Waals surface area contributed by atoms with Crippen molar-refractivity contribution in [1.82, 2.24) is 10.2 Å². The van der Waals surface area contributed by atoms with E-state index >= 15 is 0 Å². The smallest absolute Gasteiger partial charge is 0.258 e. The fourth-order valence-corrected chi connectivity index (χ4v) is 6.61. The molecule has 0 aromatic heterocycles. The van der Waals surface area contributed by atoms with E-state index in [9.17, 15) is 39.9 Å². The molecule has 0 bridgehead atoms. The average molecular weight is 529 g/mol. The molecule has 10 nitrogen and oxygen atoms in total. The predicted molar refractivity (Wildman–Crippen MR) is 138 cm³/mol. The Labute approximate surface area is 221 Å². The number of likely N-dealkylation sites (N-methyl/N-ethyl adjacent to an activating group) is 1. The number of nitrogens with one attached hydrogen (secondary N) is 1.